The van der Waals surface area contributed by atoms with E-state index in [1.807, 2.05) is 0 Å². The van der Waals surface area contributed by atoms with E-state index in [0.29, 0.717) is 12.4 Å². The van der Waals surface area contributed by atoms with Gasteiger partial charge in [-0.3, -0.25) is 4.99 Å². The van der Waals surface area contributed by atoms with Crippen LogP contribution in [0.2, 0.25) is 0 Å². The van der Waals surface area contributed by atoms with Crippen LogP contribution in [0.3, 0.4) is 0 Å². The molecule has 0 aliphatic rings. The Labute approximate surface area is 49.2 Å². The minimum atomic E-state index is -0.381. The Morgan fingerprint density at radius 1 is 1.88 bits per heavy atom. The number of hydrogen-bond donors (Lipinski definition) is 2. The third-order valence-electron chi connectivity index (χ3n) is 0.605. The van der Waals surface area contributed by atoms with E-state index in [0.717, 1.165) is 0 Å². The SMILES string of the molecule is CC(N)=NC[C@@H](C)O. The second kappa shape index (κ2) is 3.43. The molecule has 0 aromatic heterocycles. The summed E-state index contributed by atoms with van der Waals surface area (Å²) in [6.45, 7) is 3.77. The number of aliphatic hydroxyl groups excluding tert-OH is 1. The summed E-state index contributed by atoms with van der Waals surface area (Å²) in [4.78, 5) is 3.77. The summed E-state index contributed by atoms with van der Waals surface area (Å²) < 4.78 is 0. The van der Waals surface area contributed by atoms with Gasteiger partial charge in [0.15, 0.2) is 0 Å². The Balaban J connectivity index is 3.29. The van der Waals surface area contributed by atoms with Crippen molar-refractivity contribution in [3.05, 3.63) is 0 Å². The van der Waals surface area contributed by atoms with Crippen LogP contribution in [0.4, 0.5) is 0 Å². The molecular weight excluding hydrogens is 104 g/mol. The third kappa shape index (κ3) is 5.43. The fraction of sp³-hybridized carbons (Fsp3) is 0.800. The molecule has 0 aromatic carbocycles. The quantitative estimate of drug-likeness (QED) is 0.386. The van der Waals surface area contributed by atoms with Gasteiger partial charge in [-0.25, -0.2) is 0 Å². The first kappa shape index (κ1) is 7.43. The maximum Gasteiger partial charge on any atom is 0.0906 e. The van der Waals surface area contributed by atoms with Gasteiger partial charge in [0, 0.05) is 0 Å². The molecule has 0 aromatic rings. The van der Waals surface area contributed by atoms with Crippen molar-refractivity contribution in [1.82, 2.24) is 0 Å². The fourth-order valence-electron chi connectivity index (χ4n) is 0.276. The minimum Gasteiger partial charge on any atom is -0.391 e. The number of hydrogen-bond acceptors (Lipinski definition) is 2. The van der Waals surface area contributed by atoms with Crippen LogP contribution in [0.5, 0.6) is 0 Å². The van der Waals surface area contributed by atoms with Gasteiger partial charge in [0.1, 0.15) is 0 Å². The van der Waals surface area contributed by atoms with Gasteiger partial charge in [0.2, 0.25) is 0 Å². The van der Waals surface area contributed by atoms with Crippen LogP contribution in [0.1, 0.15) is 13.8 Å². The molecule has 0 radical (unpaired) electrons. The first-order valence-corrected chi connectivity index (χ1v) is 2.57. The largest absolute Gasteiger partial charge is 0.391 e. The summed E-state index contributed by atoms with van der Waals surface area (Å²) >= 11 is 0. The van der Waals surface area contributed by atoms with Crippen LogP contribution < -0.4 is 5.73 Å². The van der Waals surface area contributed by atoms with Crippen LogP contribution in [0, 0.1) is 0 Å². The fourth-order valence-corrected chi connectivity index (χ4v) is 0.276. The van der Waals surface area contributed by atoms with Crippen molar-refractivity contribution in [3.63, 3.8) is 0 Å². The van der Waals surface area contributed by atoms with Crippen molar-refractivity contribution >= 4 is 5.84 Å². The highest BCUT2D eigenvalue weighted by molar-refractivity contribution is 5.77. The normalized spacial score (nSPS) is 16.1. The Morgan fingerprint density at radius 2 is 2.38 bits per heavy atom. The molecular formula is C5H12N2O. The average Bonchev–Trinajstić information content (AvgIpc) is 1.61. The Kier molecular flexibility index (Phi) is 3.19. The molecule has 0 aliphatic carbocycles. The van der Waals surface area contributed by atoms with Crippen LogP contribution in [0.25, 0.3) is 0 Å². The molecule has 48 valence electrons. The van der Waals surface area contributed by atoms with Gasteiger partial charge in [-0.2, -0.15) is 0 Å². The first-order valence-electron chi connectivity index (χ1n) is 2.57. The average molecular weight is 116 g/mol. The molecule has 0 heterocycles. The lowest BCUT2D eigenvalue weighted by atomic mass is 10.4. The Bertz CT molecular complexity index is 84.4. The van der Waals surface area contributed by atoms with Gasteiger partial charge in [-0.05, 0) is 13.8 Å². The lowest BCUT2D eigenvalue weighted by Gasteiger charge is -1.96. The lowest BCUT2D eigenvalue weighted by Crippen LogP contribution is -2.11. The summed E-state index contributed by atoms with van der Waals surface area (Å²) in [5.41, 5.74) is 5.18. The number of amidine groups is 1. The van der Waals surface area contributed by atoms with Crippen LogP contribution in [0.15, 0.2) is 4.99 Å². The summed E-state index contributed by atoms with van der Waals surface area (Å²) in [7, 11) is 0. The molecule has 3 N–H and O–H groups in total. The van der Waals surface area contributed by atoms with Gasteiger partial charge in [0.05, 0.1) is 18.5 Å². The van der Waals surface area contributed by atoms with Crippen LogP contribution in [-0.4, -0.2) is 23.6 Å². The van der Waals surface area contributed by atoms with E-state index < -0.39 is 0 Å². The van der Waals surface area contributed by atoms with Crippen molar-refractivity contribution in [2.75, 3.05) is 6.54 Å². The van der Waals surface area contributed by atoms with Gasteiger partial charge >= 0.3 is 0 Å². The van der Waals surface area contributed by atoms with Crippen LogP contribution in [-0.2, 0) is 0 Å². The van der Waals surface area contributed by atoms with E-state index in [4.69, 9.17) is 10.8 Å². The molecule has 3 nitrogen and oxygen atoms in total. The summed E-state index contributed by atoms with van der Waals surface area (Å²) in [6.07, 6.45) is -0.381. The van der Waals surface area contributed by atoms with Gasteiger partial charge in [0.25, 0.3) is 0 Å². The number of nitrogens with two attached hydrogens (primary N) is 1. The highest BCUT2D eigenvalue weighted by atomic mass is 16.3. The molecule has 0 fully saturated rings. The highest BCUT2D eigenvalue weighted by Gasteiger charge is 1.89. The second-order valence-electron chi connectivity index (χ2n) is 1.83. The molecule has 0 spiro atoms. The molecule has 3 heteroatoms. The monoisotopic (exact) mass is 116 g/mol. The van der Waals surface area contributed by atoms with Gasteiger partial charge in [-0.1, -0.05) is 0 Å². The second-order valence-corrected chi connectivity index (χ2v) is 1.83. The first-order chi connectivity index (χ1) is 3.63. The van der Waals surface area contributed by atoms with Crippen molar-refractivity contribution in [3.8, 4) is 0 Å². The molecule has 0 aliphatic heterocycles. The maximum atomic E-state index is 8.64. The van der Waals surface area contributed by atoms with Crippen molar-refractivity contribution < 1.29 is 5.11 Å². The molecule has 0 saturated carbocycles. The smallest absolute Gasteiger partial charge is 0.0906 e. The standard InChI is InChI=1S/C5H12N2O/c1-4(8)3-7-5(2)6/h4,8H,3H2,1-2H3,(H2,6,7)/t4-/m1/s1. The molecule has 0 bridgehead atoms. The minimum absolute atomic E-state index is 0.381. The van der Waals surface area contributed by atoms with Crippen molar-refractivity contribution in [1.29, 1.82) is 0 Å². The molecule has 0 amide bonds. The van der Waals surface area contributed by atoms with E-state index in [1.54, 1.807) is 13.8 Å². The Hall–Kier alpha value is -0.570. The lowest BCUT2D eigenvalue weighted by molar-refractivity contribution is 0.204. The van der Waals surface area contributed by atoms with E-state index >= 15 is 0 Å². The zero-order chi connectivity index (χ0) is 6.57. The predicted octanol–water partition coefficient (Wildman–Crippen LogP) is -0.256. The predicted molar refractivity (Wildman–Crippen MR) is 33.8 cm³/mol. The van der Waals surface area contributed by atoms with Crippen molar-refractivity contribution in [2.45, 2.75) is 20.0 Å². The van der Waals surface area contributed by atoms with Gasteiger partial charge in [-0.15, -0.1) is 0 Å². The summed E-state index contributed by atoms with van der Waals surface area (Å²) in [5.74, 6) is 0.519. The van der Waals surface area contributed by atoms with Gasteiger partial charge < -0.3 is 10.8 Å². The summed E-state index contributed by atoms with van der Waals surface area (Å²) in [5, 5.41) is 8.64. The Morgan fingerprint density at radius 3 is 2.50 bits per heavy atom. The van der Waals surface area contributed by atoms with Crippen LogP contribution >= 0.6 is 0 Å². The number of nitrogens with zero attached hydrogens (tertiary/aromatic N) is 1. The molecule has 1 atom stereocenters. The zero-order valence-electron chi connectivity index (χ0n) is 5.26. The molecule has 0 rings (SSSR count). The highest BCUT2D eigenvalue weighted by Crippen LogP contribution is 1.79. The number of aliphatic hydroxyl groups is 1. The number of rotatable bonds is 2. The third-order valence-corrected chi connectivity index (χ3v) is 0.605. The van der Waals surface area contributed by atoms with Crippen molar-refractivity contribution in [2.24, 2.45) is 10.7 Å². The number of aliphatic imine (C=N–C) groups is 1. The zero-order valence-corrected chi connectivity index (χ0v) is 5.26. The maximum absolute atomic E-state index is 8.64. The molecule has 8 heavy (non-hydrogen) atoms. The topological polar surface area (TPSA) is 58.6 Å². The van der Waals surface area contributed by atoms with E-state index in [-0.39, 0.29) is 6.10 Å². The van der Waals surface area contributed by atoms with E-state index in [9.17, 15) is 0 Å². The molecule has 0 unspecified atom stereocenters. The summed E-state index contributed by atoms with van der Waals surface area (Å²) in [6, 6.07) is 0. The van der Waals surface area contributed by atoms with E-state index in [1.165, 1.54) is 0 Å². The molecule has 0 saturated heterocycles. The van der Waals surface area contributed by atoms with E-state index in [2.05, 4.69) is 4.99 Å².